The number of carboxylic acids is 1. The fourth-order valence-electron chi connectivity index (χ4n) is 2.47. The quantitative estimate of drug-likeness (QED) is 0.734. The van der Waals surface area contributed by atoms with Crippen LogP contribution in [0.3, 0.4) is 0 Å². The molecule has 0 aliphatic heterocycles. The number of halogens is 1. The lowest BCUT2D eigenvalue weighted by Gasteiger charge is -2.25. The zero-order valence-corrected chi connectivity index (χ0v) is 10.7. The molecule has 0 aromatic heterocycles. The van der Waals surface area contributed by atoms with Gasteiger partial charge in [0.1, 0.15) is 0 Å². The number of carboxylic acid groups (broad SMARTS) is 1. The molecule has 0 atom stereocenters. The van der Waals surface area contributed by atoms with Gasteiger partial charge < -0.3 is 15.3 Å². The second-order valence-corrected chi connectivity index (χ2v) is 5.27. The number of aromatic hydroxyl groups is 2. The monoisotopic (exact) mass is 300 g/mol. The van der Waals surface area contributed by atoms with Crippen molar-refractivity contribution in [1.29, 1.82) is 0 Å². The molecule has 1 saturated carbocycles. The Hall–Kier alpha value is -1.23. The summed E-state index contributed by atoms with van der Waals surface area (Å²) in [6, 6.07) is 2.92. The van der Waals surface area contributed by atoms with Gasteiger partial charge in [0, 0.05) is 0 Å². The summed E-state index contributed by atoms with van der Waals surface area (Å²) in [6.07, 6.45) is 2.87. The Labute approximate surface area is 107 Å². The lowest BCUT2D eigenvalue weighted by atomic mass is 9.79. The average Bonchev–Trinajstić information content (AvgIpc) is 2.75. The minimum Gasteiger partial charge on any atom is -0.504 e. The molecule has 4 nitrogen and oxygen atoms in total. The van der Waals surface area contributed by atoms with Crippen LogP contribution >= 0.6 is 15.9 Å². The number of rotatable bonds is 2. The molecule has 5 heteroatoms. The molecule has 0 bridgehead atoms. The Morgan fingerprint density at radius 1 is 1.24 bits per heavy atom. The third-order valence-electron chi connectivity index (χ3n) is 3.46. The summed E-state index contributed by atoms with van der Waals surface area (Å²) < 4.78 is 0.319. The number of aliphatic carboxylic acids is 1. The molecule has 1 aromatic rings. The second kappa shape index (κ2) is 4.22. The zero-order valence-electron chi connectivity index (χ0n) is 9.11. The first kappa shape index (κ1) is 12.2. The number of carbonyl (C=O) groups is 1. The van der Waals surface area contributed by atoms with E-state index in [0.717, 1.165) is 12.8 Å². The summed E-state index contributed by atoms with van der Waals surface area (Å²) in [4.78, 5) is 11.5. The van der Waals surface area contributed by atoms with Gasteiger partial charge in [-0.15, -0.1) is 0 Å². The number of hydrogen-bond donors (Lipinski definition) is 3. The Kier molecular flexibility index (Phi) is 3.03. The van der Waals surface area contributed by atoms with Crippen LogP contribution in [0.4, 0.5) is 0 Å². The van der Waals surface area contributed by atoms with E-state index in [0.29, 0.717) is 22.9 Å². The van der Waals surface area contributed by atoms with E-state index in [1.165, 1.54) is 6.07 Å². The minimum absolute atomic E-state index is 0.257. The topological polar surface area (TPSA) is 77.8 Å². The van der Waals surface area contributed by atoms with Crippen LogP contribution in [-0.2, 0) is 10.2 Å². The molecule has 2 rings (SSSR count). The molecule has 0 amide bonds. The van der Waals surface area contributed by atoms with Crippen molar-refractivity contribution < 1.29 is 20.1 Å². The van der Waals surface area contributed by atoms with Crippen LogP contribution < -0.4 is 0 Å². The molecule has 1 aromatic carbocycles. The molecule has 1 fully saturated rings. The highest BCUT2D eigenvalue weighted by Gasteiger charge is 2.43. The van der Waals surface area contributed by atoms with Crippen molar-refractivity contribution in [3.8, 4) is 11.5 Å². The molecule has 0 heterocycles. The van der Waals surface area contributed by atoms with Gasteiger partial charge in [0.25, 0.3) is 0 Å². The highest BCUT2D eigenvalue weighted by Crippen LogP contribution is 2.45. The smallest absolute Gasteiger partial charge is 0.314 e. The maximum Gasteiger partial charge on any atom is 0.314 e. The van der Waals surface area contributed by atoms with Crippen LogP contribution in [0.1, 0.15) is 31.2 Å². The normalized spacial score (nSPS) is 18.2. The largest absolute Gasteiger partial charge is 0.504 e. The van der Waals surface area contributed by atoms with Crippen LogP contribution in [0, 0.1) is 0 Å². The summed E-state index contributed by atoms with van der Waals surface area (Å²) in [6.45, 7) is 0. The summed E-state index contributed by atoms with van der Waals surface area (Å²) >= 11 is 3.11. The lowest BCUT2D eigenvalue weighted by molar-refractivity contribution is -0.143. The van der Waals surface area contributed by atoms with Crippen molar-refractivity contribution in [3.63, 3.8) is 0 Å². The van der Waals surface area contributed by atoms with Gasteiger partial charge in [-0.25, -0.2) is 0 Å². The Morgan fingerprint density at radius 2 is 1.82 bits per heavy atom. The van der Waals surface area contributed by atoms with E-state index in [2.05, 4.69) is 15.9 Å². The summed E-state index contributed by atoms with van der Waals surface area (Å²) in [5.41, 5.74) is -0.377. The molecular formula is C12H13BrO4. The third-order valence-corrected chi connectivity index (χ3v) is 4.07. The van der Waals surface area contributed by atoms with Gasteiger partial charge in [-0.2, -0.15) is 0 Å². The first-order valence-electron chi connectivity index (χ1n) is 5.43. The molecule has 0 spiro atoms. The fraction of sp³-hybridized carbons (Fsp3) is 0.417. The van der Waals surface area contributed by atoms with Crippen molar-refractivity contribution in [3.05, 3.63) is 22.2 Å². The molecule has 0 saturated heterocycles. The molecule has 17 heavy (non-hydrogen) atoms. The maximum atomic E-state index is 11.5. The van der Waals surface area contributed by atoms with Crippen LogP contribution in [0.15, 0.2) is 16.6 Å². The number of phenolic OH excluding ortho intramolecular Hbond substituents is 2. The lowest BCUT2D eigenvalue weighted by Crippen LogP contribution is -2.32. The third kappa shape index (κ3) is 1.88. The van der Waals surface area contributed by atoms with E-state index in [9.17, 15) is 20.1 Å². The predicted molar refractivity (Wildman–Crippen MR) is 65.3 cm³/mol. The van der Waals surface area contributed by atoms with Crippen molar-refractivity contribution in [1.82, 2.24) is 0 Å². The van der Waals surface area contributed by atoms with E-state index in [-0.39, 0.29) is 11.5 Å². The van der Waals surface area contributed by atoms with Gasteiger partial charge in [-0.05, 0) is 46.5 Å². The average molecular weight is 301 g/mol. The van der Waals surface area contributed by atoms with Gasteiger partial charge >= 0.3 is 5.97 Å². The van der Waals surface area contributed by atoms with Gasteiger partial charge in [0.05, 0.1) is 9.89 Å². The van der Waals surface area contributed by atoms with Gasteiger partial charge in [-0.1, -0.05) is 12.8 Å². The summed E-state index contributed by atoms with van der Waals surface area (Å²) in [7, 11) is 0. The molecule has 0 radical (unpaired) electrons. The van der Waals surface area contributed by atoms with Gasteiger partial charge in [0.15, 0.2) is 11.5 Å². The second-order valence-electron chi connectivity index (χ2n) is 4.42. The SMILES string of the molecule is O=C(O)C1(c2cc(O)c(O)c(Br)c2)CCCC1. The predicted octanol–water partition coefficient (Wildman–Crippen LogP) is 2.76. The van der Waals surface area contributed by atoms with Crippen molar-refractivity contribution >= 4 is 21.9 Å². The van der Waals surface area contributed by atoms with Crippen LogP contribution in [0.25, 0.3) is 0 Å². The first-order valence-corrected chi connectivity index (χ1v) is 6.22. The van der Waals surface area contributed by atoms with Crippen molar-refractivity contribution in [2.75, 3.05) is 0 Å². The number of hydrogen-bond acceptors (Lipinski definition) is 3. The van der Waals surface area contributed by atoms with Crippen molar-refractivity contribution in [2.45, 2.75) is 31.1 Å². The summed E-state index contributed by atoms with van der Waals surface area (Å²) in [5, 5.41) is 28.4. The maximum absolute atomic E-state index is 11.5. The van der Waals surface area contributed by atoms with E-state index >= 15 is 0 Å². The van der Waals surface area contributed by atoms with Crippen molar-refractivity contribution in [2.24, 2.45) is 0 Å². The highest BCUT2D eigenvalue weighted by molar-refractivity contribution is 9.10. The Bertz CT molecular complexity index is 441. The zero-order chi connectivity index (χ0) is 12.6. The highest BCUT2D eigenvalue weighted by atomic mass is 79.9. The number of benzene rings is 1. The first-order chi connectivity index (χ1) is 7.97. The molecule has 0 unspecified atom stereocenters. The molecule has 92 valence electrons. The molecular weight excluding hydrogens is 288 g/mol. The van der Waals surface area contributed by atoms with Crippen LogP contribution in [0.5, 0.6) is 11.5 Å². The van der Waals surface area contributed by atoms with E-state index in [1.807, 2.05) is 0 Å². The Balaban J connectivity index is 2.55. The van der Waals surface area contributed by atoms with Crippen LogP contribution in [-0.4, -0.2) is 21.3 Å². The number of phenols is 2. The van der Waals surface area contributed by atoms with E-state index in [4.69, 9.17) is 0 Å². The minimum atomic E-state index is -0.923. The Morgan fingerprint density at radius 3 is 2.29 bits per heavy atom. The fourth-order valence-corrected chi connectivity index (χ4v) is 2.92. The van der Waals surface area contributed by atoms with Gasteiger partial charge in [0.2, 0.25) is 0 Å². The van der Waals surface area contributed by atoms with Crippen LogP contribution in [0.2, 0.25) is 0 Å². The summed E-state index contributed by atoms with van der Waals surface area (Å²) in [5.74, 6) is -1.42. The standard InChI is InChI=1S/C12H13BrO4/c13-8-5-7(6-9(14)10(8)15)12(11(16)17)3-1-2-4-12/h5-6,14-15H,1-4H2,(H,16,17). The molecule has 1 aliphatic rings. The molecule has 1 aliphatic carbocycles. The van der Waals surface area contributed by atoms with E-state index in [1.54, 1.807) is 6.07 Å². The van der Waals surface area contributed by atoms with E-state index < -0.39 is 11.4 Å². The van der Waals surface area contributed by atoms with Gasteiger partial charge in [-0.3, -0.25) is 4.79 Å². The molecule has 3 N–H and O–H groups in total.